The summed E-state index contributed by atoms with van der Waals surface area (Å²) in [5.41, 5.74) is 6.02. The van der Waals surface area contributed by atoms with E-state index >= 15 is 0 Å². The SMILES string of the molecule is CC(C)(C)[Si](C)(C)OC[C@H]1O[C@@H](n2cnc3c(=O)[nH]c(N)nc32)C[C@@H]1OP1(=S)SCCS1. The van der Waals surface area contributed by atoms with Crippen molar-refractivity contribution in [2.24, 2.45) is 0 Å². The fourth-order valence-corrected chi connectivity index (χ4v) is 13.8. The molecule has 0 amide bonds. The number of nitrogen functional groups attached to an aromatic ring is 1. The average molecular weight is 536 g/mol. The van der Waals surface area contributed by atoms with Gasteiger partial charge in [0, 0.05) is 17.9 Å². The molecule has 2 fully saturated rings. The molecule has 2 saturated heterocycles. The zero-order chi connectivity index (χ0) is 23.3. The molecule has 2 aromatic heterocycles. The lowest BCUT2D eigenvalue weighted by Gasteiger charge is -2.37. The Morgan fingerprint density at radius 1 is 1.41 bits per heavy atom. The highest BCUT2D eigenvalue weighted by molar-refractivity contribution is 9.00. The minimum absolute atomic E-state index is 0.0436. The normalized spacial score (nSPS) is 26.2. The lowest BCUT2D eigenvalue weighted by molar-refractivity contribution is -0.0348. The van der Waals surface area contributed by atoms with E-state index in [0.717, 1.165) is 11.5 Å². The van der Waals surface area contributed by atoms with Crippen molar-refractivity contribution in [3.63, 3.8) is 0 Å². The van der Waals surface area contributed by atoms with Crippen molar-refractivity contribution < 1.29 is 13.7 Å². The lowest BCUT2D eigenvalue weighted by Crippen LogP contribution is -2.44. The first-order valence-corrected chi connectivity index (χ1v) is 19.3. The molecule has 0 radical (unpaired) electrons. The van der Waals surface area contributed by atoms with Crippen molar-refractivity contribution in [1.82, 2.24) is 19.5 Å². The van der Waals surface area contributed by atoms with Gasteiger partial charge < -0.3 is 19.4 Å². The van der Waals surface area contributed by atoms with Gasteiger partial charge in [-0.05, 0) is 29.9 Å². The van der Waals surface area contributed by atoms with Crippen molar-refractivity contribution in [1.29, 1.82) is 0 Å². The number of rotatable bonds is 6. The molecular formula is C18H30N5O4PS3Si. The largest absolute Gasteiger partial charge is 0.414 e. The molecule has 0 bridgehead atoms. The molecule has 0 aliphatic carbocycles. The molecule has 2 aliphatic heterocycles. The van der Waals surface area contributed by atoms with Crippen LogP contribution in [0.5, 0.6) is 0 Å². The Bertz CT molecular complexity index is 1090. The summed E-state index contributed by atoms with van der Waals surface area (Å²) < 4.78 is 19.2. The molecule has 14 heteroatoms. The number of H-pyrrole nitrogens is 1. The predicted octanol–water partition coefficient (Wildman–Crippen LogP) is 4.10. The Morgan fingerprint density at radius 3 is 2.75 bits per heavy atom. The van der Waals surface area contributed by atoms with Crippen molar-refractivity contribution in [2.45, 2.75) is 63.8 Å². The maximum absolute atomic E-state index is 12.2. The van der Waals surface area contributed by atoms with E-state index in [0.29, 0.717) is 18.7 Å². The molecule has 0 saturated carbocycles. The van der Waals surface area contributed by atoms with Gasteiger partial charge in [-0.25, -0.2) is 4.98 Å². The molecule has 4 heterocycles. The van der Waals surface area contributed by atoms with Gasteiger partial charge >= 0.3 is 0 Å². The number of ether oxygens (including phenoxy) is 1. The van der Waals surface area contributed by atoms with Gasteiger partial charge in [0.05, 0.1) is 19.0 Å². The van der Waals surface area contributed by atoms with E-state index in [2.05, 4.69) is 48.8 Å². The van der Waals surface area contributed by atoms with E-state index < -0.39 is 19.2 Å². The van der Waals surface area contributed by atoms with Crippen LogP contribution < -0.4 is 11.3 Å². The van der Waals surface area contributed by atoms with Gasteiger partial charge in [-0.15, -0.1) is 0 Å². The highest BCUT2D eigenvalue weighted by Crippen LogP contribution is 2.75. The Hall–Kier alpha value is -0.403. The third-order valence-corrected chi connectivity index (χ3v) is 20.5. The number of anilines is 1. The zero-order valence-electron chi connectivity index (χ0n) is 18.9. The summed E-state index contributed by atoms with van der Waals surface area (Å²) in [5.74, 6) is 2.08. The van der Waals surface area contributed by atoms with Gasteiger partial charge in [0.2, 0.25) is 5.95 Å². The number of nitrogens with zero attached hydrogens (tertiary/aromatic N) is 3. The summed E-state index contributed by atoms with van der Waals surface area (Å²) in [6.45, 7) is 11.5. The number of fused-ring (bicyclic) bond motifs is 1. The second-order valence-corrected chi connectivity index (χ2v) is 25.0. The smallest absolute Gasteiger partial charge is 0.280 e. The Balaban J connectivity index is 1.59. The van der Waals surface area contributed by atoms with Gasteiger partial charge in [0.15, 0.2) is 24.1 Å². The monoisotopic (exact) mass is 535 g/mol. The summed E-state index contributed by atoms with van der Waals surface area (Å²) in [5, 5.41) is 0.0910. The van der Waals surface area contributed by atoms with Crippen molar-refractivity contribution in [2.75, 3.05) is 23.8 Å². The Labute approximate surface area is 201 Å². The lowest BCUT2D eigenvalue weighted by atomic mass is 10.2. The second-order valence-electron chi connectivity index (χ2n) is 9.47. The predicted molar refractivity (Wildman–Crippen MR) is 138 cm³/mol. The minimum Gasteiger partial charge on any atom is -0.414 e. The van der Waals surface area contributed by atoms with E-state index in [4.69, 9.17) is 31.2 Å². The van der Waals surface area contributed by atoms with Crippen LogP contribution in [0, 0.1) is 0 Å². The van der Waals surface area contributed by atoms with Gasteiger partial charge in [-0.3, -0.25) is 14.3 Å². The van der Waals surface area contributed by atoms with E-state index in [9.17, 15) is 4.79 Å². The molecule has 3 atom stereocenters. The van der Waals surface area contributed by atoms with Crippen LogP contribution in [0.25, 0.3) is 11.2 Å². The molecular weight excluding hydrogens is 505 g/mol. The number of aromatic amines is 1. The van der Waals surface area contributed by atoms with E-state index in [1.807, 2.05) is 0 Å². The summed E-state index contributed by atoms with van der Waals surface area (Å²) in [7, 11) is -1.97. The van der Waals surface area contributed by atoms with Crippen LogP contribution in [-0.4, -0.2) is 58.2 Å². The fourth-order valence-electron chi connectivity index (χ4n) is 3.35. The molecule has 0 unspecified atom stereocenters. The molecule has 0 spiro atoms. The van der Waals surface area contributed by atoms with Crippen molar-refractivity contribution in [3.8, 4) is 0 Å². The van der Waals surface area contributed by atoms with Crippen LogP contribution in [0.1, 0.15) is 33.4 Å². The van der Waals surface area contributed by atoms with Gasteiger partial charge in [-0.2, -0.15) is 4.98 Å². The Kier molecular flexibility index (Phi) is 6.94. The molecule has 9 nitrogen and oxygen atoms in total. The summed E-state index contributed by atoms with van der Waals surface area (Å²) in [6, 6.07) is 0. The first kappa shape index (κ1) is 24.7. The number of nitrogens with one attached hydrogen (secondary N) is 1. The van der Waals surface area contributed by atoms with Crippen LogP contribution in [0.2, 0.25) is 18.1 Å². The maximum atomic E-state index is 12.2. The number of imidazole rings is 1. The molecule has 0 aromatic carbocycles. The zero-order valence-corrected chi connectivity index (χ0v) is 23.2. The molecule has 2 aromatic rings. The maximum Gasteiger partial charge on any atom is 0.280 e. The third kappa shape index (κ3) is 5.00. The number of hydrogen-bond donors (Lipinski definition) is 2. The van der Waals surface area contributed by atoms with Crippen molar-refractivity contribution >= 4 is 64.7 Å². The van der Waals surface area contributed by atoms with E-state index in [1.165, 1.54) is 0 Å². The first-order chi connectivity index (χ1) is 14.9. The van der Waals surface area contributed by atoms with Crippen LogP contribution in [0.3, 0.4) is 0 Å². The highest BCUT2D eigenvalue weighted by Gasteiger charge is 2.44. The van der Waals surface area contributed by atoms with Crippen LogP contribution >= 0.6 is 27.4 Å². The topological polar surface area (TPSA) is 117 Å². The van der Waals surface area contributed by atoms with Gasteiger partial charge in [0.1, 0.15) is 12.3 Å². The quantitative estimate of drug-likeness (QED) is 0.413. The van der Waals surface area contributed by atoms with Crippen LogP contribution in [-0.2, 0) is 25.5 Å². The summed E-state index contributed by atoms with van der Waals surface area (Å²) in [6.07, 6.45) is 1.28. The van der Waals surface area contributed by atoms with Crippen molar-refractivity contribution in [3.05, 3.63) is 16.7 Å². The first-order valence-electron chi connectivity index (χ1n) is 10.5. The third-order valence-electron chi connectivity index (χ3n) is 6.20. The molecule has 178 valence electrons. The highest BCUT2D eigenvalue weighted by atomic mass is 33.2. The minimum atomic E-state index is -1.99. The molecule has 3 N–H and O–H groups in total. The second kappa shape index (κ2) is 8.99. The summed E-state index contributed by atoms with van der Waals surface area (Å²) in [4.78, 5) is 23.2. The number of aromatic nitrogens is 4. The summed E-state index contributed by atoms with van der Waals surface area (Å²) >= 11 is 9.36. The number of hydrogen-bond acceptors (Lipinski definition) is 10. The fraction of sp³-hybridized carbons (Fsp3) is 0.722. The van der Waals surface area contributed by atoms with Gasteiger partial charge in [-0.1, -0.05) is 43.5 Å². The Morgan fingerprint density at radius 2 is 2.09 bits per heavy atom. The number of nitrogens with two attached hydrogens (primary N) is 1. The van der Waals surface area contributed by atoms with Gasteiger partial charge in [0.25, 0.3) is 5.56 Å². The molecule has 2 aliphatic rings. The molecule has 4 rings (SSSR count). The van der Waals surface area contributed by atoms with E-state index in [1.54, 1.807) is 33.7 Å². The van der Waals surface area contributed by atoms with E-state index in [-0.39, 0.29) is 34.3 Å². The van der Waals surface area contributed by atoms with Crippen LogP contribution in [0.4, 0.5) is 5.95 Å². The van der Waals surface area contributed by atoms with Crippen LogP contribution in [0.15, 0.2) is 11.1 Å². The average Bonchev–Trinajstić information content (AvgIpc) is 3.38. The molecule has 32 heavy (non-hydrogen) atoms. The standard InChI is InChI=1S/C18H30N5O4PS3Si/c1-18(2,3)32(4,5)25-9-12-11(27-28(29)30-6-7-31-28)8-13(26-12)23-10-20-14-15(23)21-17(19)22-16(14)24/h10-13H,6-9H2,1-5H3,(H3,19,21,22,24)/t11-,12+,13+/m0/s1.